The highest BCUT2D eigenvalue weighted by Gasteiger charge is 2.45. The summed E-state index contributed by atoms with van der Waals surface area (Å²) in [5.74, 6) is -0.307. The molecule has 1 aromatic rings. The van der Waals surface area contributed by atoms with Crippen LogP contribution in [0.4, 0.5) is 0 Å². The lowest BCUT2D eigenvalue weighted by Gasteiger charge is -2.41. The normalized spacial score (nSPS) is 28.9. The minimum atomic E-state index is -0.307. The maximum atomic E-state index is 5.91. The molecule has 1 saturated carbocycles. The van der Waals surface area contributed by atoms with Gasteiger partial charge in [-0.3, -0.25) is 0 Å². The van der Waals surface area contributed by atoms with Gasteiger partial charge in [0.05, 0.1) is 13.2 Å². The van der Waals surface area contributed by atoms with Gasteiger partial charge in [-0.25, -0.2) is 0 Å². The molecule has 4 heteroatoms. The highest BCUT2D eigenvalue weighted by atomic mass is 32.2. The maximum absolute atomic E-state index is 5.91. The molecule has 110 valence electrons. The molecule has 1 aliphatic carbocycles. The van der Waals surface area contributed by atoms with Crippen molar-refractivity contribution in [1.29, 1.82) is 0 Å². The van der Waals surface area contributed by atoms with Crippen LogP contribution in [0.25, 0.3) is 0 Å². The molecule has 0 radical (unpaired) electrons. The van der Waals surface area contributed by atoms with Crippen molar-refractivity contribution < 1.29 is 9.47 Å². The van der Waals surface area contributed by atoms with Crippen LogP contribution < -0.4 is 5.32 Å². The molecule has 1 saturated heterocycles. The summed E-state index contributed by atoms with van der Waals surface area (Å²) in [6.07, 6.45) is 3.11. The topological polar surface area (TPSA) is 30.5 Å². The molecule has 1 spiro atoms. The molecule has 2 atom stereocenters. The minimum absolute atomic E-state index is 0.307. The van der Waals surface area contributed by atoms with Crippen LogP contribution in [-0.2, 0) is 9.47 Å². The van der Waals surface area contributed by atoms with Gasteiger partial charge in [0.15, 0.2) is 5.79 Å². The van der Waals surface area contributed by atoms with E-state index in [0.717, 1.165) is 39.0 Å². The summed E-state index contributed by atoms with van der Waals surface area (Å²) in [7, 11) is 0. The molecule has 1 aromatic carbocycles. The summed E-state index contributed by atoms with van der Waals surface area (Å²) >= 11 is 1.95. The third-order valence-electron chi connectivity index (χ3n) is 4.11. The Kier molecular flexibility index (Phi) is 4.66. The molecule has 3 nitrogen and oxygen atoms in total. The molecule has 1 heterocycles. The molecule has 2 unspecified atom stereocenters. The molecule has 0 bridgehead atoms. The van der Waals surface area contributed by atoms with Gasteiger partial charge < -0.3 is 14.8 Å². The predicted octanol–water partition coefficient (Wildman–Crippen LogP) is 3.05. The van der Waals surface area contributed by atoms with Crippen molar-refractivity contribution in [2.45, 2.75) is 48.2 Å². The number of hydrogen-bond acceptors (Lipinski definition) is 4. The monoisotopic (exact) mass is 293 g/mol. The first-order valence-electron chi connectivity index (χ1n) is 7.54. The van der Waals surface area contributed by atoms with E-state index in [9.17, 15) is 0 Å². The van der Waals surface area contributed by atoms with E-state index in [1.54, 1.807) is 0 Å². The first-order chi connectivity index (χ1) is 9.81. The molecule has 3 rings (SSSR count). The van der Waals surface area contributed by atoms with Gasteiger partial charge in [0, 0.05) is 29.0 Å². The van der Waals surface area contributed by atoms with Crippen molar-refractivity contribution in [2.75, 3.05) is 19.8 Å². The molecule has 0 amide bonds. The Labute approximate surface area is 125 Å². The lowest BCUT2D eigenvalue weighted by Crippen LogP contribution is -2.49. The maximum Gasteiger partial charge on any atom is 0.169 e. The van der Waals surface area contributed by atoms with Gasteiger partial charge in [0.2, 0.25) is 0 Å². The van der Waals surface area contributed by atoms with Crippen molar-refractivity contribution in [2.24, 2.45) is 0 Å². The molecule has 2 aliphatic rings. The van der Waals surface area contributed by atoms with Crippen LogP contribution in [0.1, 0.15) is 26.2 Å². The Hall–Kier alpha value is -0.550. The zero-order chi connectivity index (χ0) is 13.8. The fraction of sp³-hybridized carbons (Fsp3) is 0.625. The second kappa shape index (κ2) is 6.48. The number of rotatable bonds is 4. The van der Waals surface area contributed by atoms with Crippen LogP contribution in [0.15, 0.2) is 35.2 Å². The van der Waals surface area contributed by atoms with Crippen LogP contribution in [0.5, 0.6) is 0 Å². The molecule has 1 aliphatic heterocycles. The number of hydrogen-bond donors (Lipinski definition) is 1. The minimum Gasteiger partial charge on any atom is -0.347 e. The number of benzene rings is 1. The highest BCUT2D eigenvalue weighted by Crippen LogP contribution is 2.42. The number of nitrogens with one attached hydrogen (secondary N) is 1. The number of thioether (sulfide) groups is 1. The summed E-state index contributed by atoms with van der Waals surface area (Å²) < 4.78 is 11.8. The fourth-order valence-corrected chi connectivity index (χ4v) is 4.56. The Balaban J connectivity index is 1.71. The van der Waals surface area contributed by atoms with Crippen molar-refractivity contribution >= 4 is 11.8 Å². The van der Waals surface area contributed by atoms with Gasteiger partial charge in [-0.05, 0) is 25.1 Å². The van der Waals surface area contributed by atoms with Crippen molar-refractivity contribution in [1.82, 2.24) is 5.32 Å². The summed E-state index contributed by atoms with van der Waals surface area (Å²) in [6.45, 7) is 4.69. The van der Waals surface area contributed by atoms with Crippen molar-refractivity contribution in [3.8, 4) is 0 Å². The summed E-state index contributed by atoms with van der Waals surface area (Å²) in [6, 6.07) is 11.2. The van der Waals surface area contributed by atoms with E-state index in [2.05, 4.69) is 42.6 Å². The van der Waals surface area contributed by atoms with Gasteiger partial charge in [0.1, 0.15) is 0 Å². The lowest BCUT2D eigenvalue weighted by molar-refractivity contribution is -0.178. The van der Waals surface area contributed by atoms with Gasteiger partial charge in [0.25, 0.3) is 0 Å². The van der Waals surface area contributed by atoms with Crippen LogP contribution in [0.2, 0.25) is 0 Å². The third-order valence-corrected chi connectivity index (χ3v) is 5.45. The van der Waals surface area contributed by atoms with Crippen LogP contribution in [0, 0.1) is 0 Å². The van der Waals surface area contributed by atoms with E-state index in [0.29, 0.717) is 11.3 Å². The van der Waals surface area contributed by atoms with E-state index >= 15 is 0 Å². The molecular formula is C16H23NO2S. The van der Waals surface area contributed by atoms with E-state index in [1.807, 2.05) is 11.8 Å². The zero-order valence-corrected chi connectivity index (χ0v) is 12.8. The first-order valence-corrected chi connectivity index (χ1v) is 8.42. The Morgan fingerprint density at radius 3 is 2.70 bits per heavy atom. The second-order valence-corrected chi connectivity index (χ2v) is 6.80. The van der Waals surface area contributed by atoms with Gasteiger partial charge in [-0.15, -0.1) is 11.8 Å². The second-order valence-electron chi connectivity index (χ2n) is 5.48. The summed E-state index contributed by atoms with van der Waals surface area (Å²) in [5, 5.41) is 4.13. The van der Waals surface area contributed by atoms with E-state index in [4.69, 9.17) is 9.47 Å². The Morgan fingerprint density at radius 1 is 1.25 bits per heavy atom. The smallest absolute Gasteiger partial charge is 0.169 e. The average Bonchev–Trinajstić information content (AvgIpc) is 2.92. The highest BCUT2D eigenvalue weighted by molar-refractivity contribution is 8.00. The molecule has 2 fully saturated rings. The fourth-order valence-electron chi connectivity index (χ4n) is 3.16. The predicted molar refractivity (Wildman–Crippen MR) is 82.0 cm³/mol. The van der Waals surface area contributed by atoms with Gasteiger partial charge >= 0.3 is 0 Å². The van der Waals surface area contributed by atoms with Gasteiger partial charge in [-0.1, -0.05) is 25.1 Å². The van der Waals surface area contributed by atoms with Crippen molar-refractivity contribution in [3.05, 3.63) is 30.3 Å². The SMILES string of the molecule is CCNC1CCC2(CC1Sc1ccccc1)OCCO2. The van der Waals surface area contributed by atoms with E-state index < -0.39 is 0 Å². The lowest BCUT2D eigenvalue weighted by atomic mass is 9.89. The average molecular weight is 293 g/mol. The molecule has 1 N–H and O–H groups in total. The largest absolute Gasteiger partial charge is 0.347 e. The zero-order valence-electron chi connectivity index (χ0n) is 12.0. The Bertz CT molecular complexity index is 420. The molecule has 20 heavy (non-hydrogen) atoms. The molecule has 0 aromatic heterocycles. The Morgan fingerprint density at radius 2 is 2.00 bits per heavy atom. The third kappa shape index (κ3) is 3.19. The van der Waals surface area contributed by atoms with Crippen LogP contribution in [0.3, 0.4) is 0 Å². The first kappa shape index (κ1) is 14.4. The standard InChI is InChI=1S/C16H23NO2S/c1-2-17-14-8-9-16(18-10-11-19-16)12-15(14)20-13-6-4-3-5-7-13/h3-7,14-15,17H,2,8-12H2,1H3. The quantitative estimate of drug-likeness (QED) is 0.924. The molecular weight excluding hydrogens is 270 g/mol. The van der Waals surface area contributed by atoms with E-state index in [1.165, 1.54) is 4.90 Å². The van der Waals surface area contributed by atoms with Crippen molar-refractivity contribution in [3.63, 3.8) is 0 Å². The van der Waals surface area contributed by atoms with Crippen LogP contribution in [-0.4, -0.2) is 36.8 Å². The summed E-state index contributed by atoms with van der Waals surface area (Å²) in [5.41, 5.74) is 0. The van der Waals surface area contributed by atoms with Crippen LogP contribution >= 0.6 is 11.8 Å². The number of ether oxygens (including phenoxy) is 2. The summed E-state index contributed by atoms with van der Waals surface area (Å²) in [4.78, 5) is 1.33. The van der Waals surface area contributed by atoms with Gasteiger partial charge in [-0.2, -0.15) is 0 Å². The van der Waals surface area contributed by atoms with E-state index in [-0.39, 0.29) is 5.79 Å².